The second-order valence-electron chi connectivity index (χ2n) is 8.81. The number of esters is 1. The van der Waals surface area contributed by atoms with Crippen LogP contribution in [0, 0.1) is 25.6 Å². The van der Waals surface area contributed by atoms with Gasteiger partial charge < -0.3 is 9.30 Å². The van der Waals surface area contributed by atoms with E-state index in [-0.39, 0.29) is 31.1 Å². The van der Waals surface area contributed by atoms with Crippen molar-refractivity contribution in [3.63, 3.8) is 0 Å². The lowest BCUT2D eigenvalue weighted by Crippen LogP contribution is -2.42. The molecule has 1 aromatic heterocycles. The summed E-state index contributed by atoms with van der Waals surface area (Å²) in [6, 6.07) is 8.61. The average molecular weight is 534 g/mol. The molecule has 1 atom stereocenters. The minimum absolute atomic E-state index is 0.0110. The third kappa shape index (κ3) is 5.42. The highest BCUT2D eigenvalue weighted by Gasteiger charge is 2.33. The van der Waals surface area contributed by atoms with Crippen molar-refractivity contribution in [2.75, 3.05) is 19.7 Å². The lowest BCUT2D eigenvalue weighted by atomic mass is 9.99. The fourth-order valence-electron chi connectivity index (χ4n) is 4.39. The van der Waals surface area contributed by atoms with Crippen molar-refractivity contribution in [1.29, 1.82) is 0 Å². The van der Waals surface area contributed by atoms with Gasteiger partial charge in [0.05, 0.1) is 27.6 Å². The molecule has 0 spiro atoms. The van der Waals surface area contributed by atoms with E-state index in [0.717, 1.165) is 33.5 Å². The van der Waals surface area contributed by atoms with Gasteiger partial charge in [-0.2, -0.15) is 9.30 Å². The maximum atomic E-state index is 13.3. The third-order valence-electron chi connectivity index (χ3n) is 6.10. The highest BCUT2D eigenvalue weighted by molar-refractivity contribution is 7.89. The molecule has 8 nitrogen and oxygen atoms in total. The van der Waals surface area contributed by atoms with Gasteiger partial charge in [0, 0.05) is 13.1 Å². The zero-order valence-electron chi connectivity index (χ0n) is 20.4. The van der Waals surface area contributed by atoms with Crippen molar-refractivity contribution in [3.8, 4) is 0 Å². The number of carbonyl (C=O) groups is 2. The fourth-order valence-corrected chi connectivity index (χ4v) is 7.00. The van der Waals surface area contributed by atoms with E-state index in [1.807, 2.05) is 26.0 Å². The SMILES string of the molecule is CCOC(=O)Cn1c(=NC(=O)C2CCCN(S(=O)(=O)c3ccc(F)cc3)C2)sc2c(C)cc(C)cc21. The molecule has 1 aliphatic heterocycles. The first-order valence-corrected chi connectivity index (χ1v) is 14.0. The summed E-state index contributed by atoms with van der Waals surface area (Å²) in [7, 11) is -3.87. The summed E-state index contributed by atoms with van der Waals surface area (Å²) < 4.78 is 48.4. The highest BCUT2D eigenvalue weighted by atomic mass is 32.2. The van der Waals surface area contributed by atoms with Gasteiger partial charge in [-0.25, -0.2) is 12.8 Å². The molecule has 2 heterocycles. The molecule has 11 heteroatoms. The molecule has 192 valence electrons. The van der Waals surface area contributed by atoms with Crippen LogP contribution < -0.4 is 4.80 Å². The van der Waals surface area contributed by atoms with Crippen LogP contribution >= 0.6 is 11.3 Å². The van der Waals surface area contributed by atoms with Crippen molar-refractivity contribution in [2.45, 2.75) is 45.1 Å². The van der Waals surface area contributed by atoms with Gasteiger partial charge in [-0.1, -0.05) is 17.4 Å². The van der Waals surface area contributed by atoms with E-state index in [0.29, 0.717) is 17.6 Å². The zero-order valence-corrected chi connectivity index (χ0v) is 22.0. The predicted molar refractivity (Wildman–Crippen MR) is 134 cm³/mol. The van der Waals surface area contributed by atoms with Crippen LogP contribution in [0.5, 0.6) is 0 Å². The number of hydrogen-bond donors (Lipinski definition) is 0. The van der Waals surface area contributed by atoms with E-state index in [1.165, 1.54) is 27.8 Å². The molecule has 1 amide bonds. The number of rotatable bonds is 6. The zero-order chi connectivity index (χ0) is 26.0. The molecule has 0 aliphatic carbocycles. The molecule has 0 saturated carbocycles. The molecule has 1 saturated heterocycles. The number of aromatic nitrogens is 1. The summed E-state index contributed by atoms with van der Waals surface area (Å²) in [6.45, 7) is 6.07. The molecule has 2 aromatic carbocycles. The molecule has 0 bridgehead atoms. The summed E-state index contributed by atoms with van der Waals surface area (Å²) in [5, 5.41) is 0. The molecule has 1 unspecified atom stereocenters. The Labute approximate surface area is 213 Å². The molecule has 0 N–H and O–H groups in total. The number of sulfonamides is 1. The van der Waals surface area contributed by atoms with E-state index < -0.39 is 33.6 Å². The molecule has 36 heavy (non-hydrogen) atoms. The third-order valence-corrected chi connectivity index (χ3v) is 9.21. The van der Waals surface area contributed by atoms with Gasteiger partial charge in [0.2, 0.25) is 10.0 Å². The summed E-state index contributed by atoms with van der Waals surface area (Å²) in [5.74, 6) is -2.02. The Bertz CT molecular complexity index is 1480. The van der Waals surface area contributed by atoms with Crippen LogP contribution in [-0.2, 0) is 30.9 Å². The summed E-state index contributed by atoms with van der Waals surface area (Å²) >= 11 is 1.32. The van der Waals surface area contributed by atoms with E-state index >= 15 is 0 Å². The maximum Gasteiger partial charge on any atom is 0.326 e. The van der Waals surface area contributed by atoms with E-state index in [4.69, 9.17) is 4.74 Å². The van der Waals surface area contributed by atoms with Crippen molar-refractivity contribution in [1.82, 2.24) is 8.87 Å². The van der Waals surface area contributed by atoms with Gasteiger partial charge in [0.15, 0.2) is 4.80 Å². The first kappa shape index (κ1) is 26.2. The highest BCUT2D eigenvalue weighted by Crippen LogP contribution is 2.26. The number of carbonyl (C=O) groups excluding carboxylic acids is 2. The summed E-state index contributed by atoms with van der Waals surface area (Å²) in [5.41, 5.74) is 2.82. The number of halogens is 1. The number of ether oxygens (including phenoxy) is 1. The van der Waals surface area contributed by atoms with Crippen LogP contribution in [-0.4, -0.2) is 48.9 Å². The standard InChI is InChI=1S/C25H28FN3O5S2/c1-4-34-22(30)15-29-21-13-16(2)12-17(3)23(21)35-25(29)27-24(31)18-6-5-11-28(14-18)36(32,33)20-9-7-19(26)8-10-20/h7-10,12-13,18H,4-6,11,14-15H2,1-3H3. The minimum atomic E-state index is -3.87. The smallest absolute Gasteiger partial charge is 0.326 e. The number of aryl methyl sites for hydroxylation is 2. The molecule has 1 fully saturated rings. The van der Waals surface area contributed by atoms with Crippen LogP contribution in [0.2, 0.25) is 0 Å². The lowest BCUT2D eigenvalue weighted by molar-refractivity contribution is -0.143. The summed E-state index contributed by atoms with van der Waals surface area (Å²) in [6.07, 6.45) is 0.999. The molecule has 0 radical (unpaired) electrons. The second-order valence-corrected chi connectivity index (χ2v) is 11.7. The molecular weight excluding hydrogens is 505 g/mol. The number of benzene rings is 2. The first-order chi connectivity index (χ1) is 17.1. The Hall–Kier alpha value is -2.89. The average Bonchev–Trinajstić information content (AvgIpc) is 3.16. The monoisotopic (exact) mass is 533 g/mol. The fraction of sp³-hybridized carbons (Fsp3) is 0.400. The van der Waals surface area contributed by atoms with Crippen LogP contribution in [0.4, 0.5) is 4.39 Å². The van der Waals surface area contributed by atoms with Crippen LogP contribution in [0.25, 0.3) is 10.2 Å². The van der Waals surface area contributed by atoms with Gasteiger partial charge >= 0.3 is 5.97 Å². The van der Waals surface area contributed by atoms with E-state index in [9.17, 15) is 22.4 Å². The Kier molecular flexibility index (Phi) is 7.72. The van der Waals surface area contributed by atoms with E-state index in [1.54, 1.807) is 11.5 Å². The van der Waals surface area contributed by atoms with Gasteiger partial charge in [-0.15, -0.1) is 0 Å². The van der Waals surface area contributed by atoms with Gasteiger partial charge in [-0.3, -0.25) is 9.59 Å². The van der Waals surface area contributed by atoms with E-state index in [2.05, 4.69) is 4.99 Å². The molecule has 4 rings (SSSR count). The topological polar surface area (TPSA) is 98.0 Å². The number of hydrogen-bond acceptors (Lipinski definition) is 6. The molecule has 1 aliphatic rings. The van der Waals surface area contributed by atoms with Crippen molar-refractivity contribution in [2.24, 2.45) is 10.9 Å². The van der Waals surface area contributed by atoms with Crippen molar-refractivity contribution < 1.29 is 27.1 Å². The minimum Gasteiger partial charge on any atom is -0.465 e. The number of nitrogens with zero attached hydrogens (tertiary/aromatic N) is 3. The number of thiazole rings is 1. The quantitative estimate of drug-likeness (QED) is 0.452. The number of amides is 1. The van der Waals surface area contributed by atoms with Gasteiger partial charge in [0.1, 0.15) is 12.4 Å². The Morgan fingerprint density at radius 3 is 2.61 bits per heavy atom. The van der Waals surface area contributed by atoms with Crippen molar-refractivity contribution >= 4 is 43.5 Å². The molecular formula is C25H28FN3O5S2. The normalized spacial score (nSPS) is 17.4. The first-order valence-electron chi connectivity index (χ1n) is 11.7. The largest absolute Gasteiger partial charge is 0.465 e. The van der Waals surface area contributed by atoms with Gasteiger partial charge in [-0.05, 0) is 75.1 Å². The lowest BCUT2D eigenvalue weighted by Gasteiger charge is -2.30. The Morgan fingerprint density at radius 1 is 1.19 bits per heavy atom. The number of fused-ring (bicyclic) bond motifs is 1. The molecule has 3 aromatic rings. The van der Waals surface area contributed by atoms with Crippen LogP contribution in [0.15, 0.2) is 46.3 Å². The predicted octanol–water partition coefficient (Wildman–Crippen LogP) is 3.55. The van der Waals surface area contributed by atoms with Gasteiger partial charge in [0.25, 0.3) is 5.91 Å². The Morgan fingerprint density at radius 2 is 1.92 bits per heavy atom. The maximum absolute atomic E-state index is 13.3. The van der Waals surface area contributed by atoms with Crippen molar-refractivity contribution in [3.05, 3.63) is 58.1 Å². The number of piperidine rings is 1. The van der Waals surface area contributed by atoms with Crippen LogP contribution in [0.1, 0.15) is 30.9 Å². The second kappa shape index (κ2) is 10.6. The Balaban J connectivity index is 1.67. The summed E-state index contributed by atoms with van der Waals surface area (Å²) in [4.78, 5) is 30.3. The van der Waals surface area contributed by atoms with Crippen LogP contribution in [0.3, 0.4) is 0 Å².